The molecule has 0 atom stereocenters. The molecular formula is C18H14Cl2N4O5. The molecule has 3 aromatic rings. The van der Waals surface area contributed by atoms with Crippen LogP contribution in [-0.4, -0.2) is 34.0 Å². The zero-order valence-corrected chi connectivity index (χ0v) is 16.5. The lowest BCUT2D eigenvalue weighted by Gasteiger charge is -2.10. The molecule has 0 saturated heterocycles. The van der Waals surface area contributed by atoms with Crippen LogP contribution in [0.1, 0.15) is 6.92 Å². The molecule has 150 valence electrons. The first-order chi connectivity index (χ1) is 13.9. The van der Waals surface area contributed by atoms with Crippen LogP contribution in [0.5, 0.6) is 11.6 Å². The van der Waals surface area contributed by atoms with Crippen molar-refractivity contribution in [3.05, 3.63) is 56.8 Å². The second-order valence-electron chi connectivity index (χ2n) is 5.67. The Bertz CT molecular complexity index is 1090. The van der Waals surface area contributed by atoms with Gasteiger partial charge in [-0.1, -0.05) is 23.2 Å². The van der Waals surface area contributed by atoms with Crippen molar-refractivity contribution >= 4 is 51.4 Å². The van der Waals surface area contributed by atoms with Crippen molar-refractivity contribution in [3.63, 3.8) is 0 Å². The first-order valence-electron chi connectivity index (χ1n) is 8.32. The number of nitrogens with zero attached hydrogens (tertiary/aromatic N) is 3. The second kappa shape index (κ2) is 8.89. The van der Waals surface area contributed by atoms with Crippen molar-refractivity contribution < 1.29 is 19.2 Å². The number of halogens is 2. The molecule has 0 spiro atoms. The Morgan fingerprint density at radius 3 is 2.72 bits per heavy atom. The predicted molar refractivity (Wildman–Crippen MR) is 108 cm³/mol. The number of carbonyl (C=O) groups excluding carboxylic acids is 1. The zero-order valence-electron chi connectivity index (χ0n) is 15.0. The lowest BCUT2D eigenvalue weighted by atomic mass is 10.2. The van der Waals surface area contributed by atoms with Crippen LogP contribution >= 0.6 is 23.2 Å². The summed E-state index contributed by atoms with van der Waals surface area (Å²) in [4.78, 5) is 31.0. The fraction of sp³-hybridized carbons (Fsp3) is 0.167. The van der Waals surface area contributed by atoms with Gasteiger partial charge in [-0.2, -0.15) is 0 Å². The molecule has 0 saturated carbocycles. The number of fused-ring (bicyclic) bond motifs is 1. The minimum Gasteiger partial charge on any atom is -0.494 e. The van der Waals surface area contributed by atoms with E-state index < -0.39 is 17.4 Å². The third-order valence-corrected chi connectivity index (χ3v) is 4.22. The summed E-state index contributed by atoms with van der Waals surface area (Å²) in [6, 6.07) is 7.24. The number of nitro groups is 1. The first kappa shape index (κ1) is 20.6. The lowest BCUT2D eigenvalue weighted by molar-refractivity contribution is -0.384. The Morgan fingerprint density at radius 1 is 1.21 bits per heavy atom. The quantitative estimate of drug-likeness (QED) is 0.434. The van der Waals surface area contributed by atoms with E-state index in [1.165, 1.54) is 30.6 Å². The summed E-state index contributed by atoms with van der Waals surface area (Å²) in [5, 5.41) is 14.8. The molecule has 0 radical (unpaired) electrons. The SMILES string of the molecule is CCOc1ccc(NC(=O)COc2ncnc3c(Cl)cc(Cl)cc23)c([N+](=O)[O-])c1. The van der Waals surface area contributed by atoms with Gasteiger partial charge in [-0.3, -0.25) is 14.9 Å². The van der Waals surface area contributed by atoms with E-state index in [1.54, 1.807) is 13.0 Å². The van der Waals surface area contributed by atoms with E-state index >= 15 is 0 Å². The highest BCUT2D eigenvalue weighted by molar-refractivity contribution is 6.38. The standard InChI is InChI=1S/C18H14Cl2N4O5/c1-2-28-11-3-4-14(15(7-11)24(26)27)23-16(25)8-29-18-12-5-10(19)6-13(20)17(12)21-9-22-18/h3-7,9H,2,8H2,1H3,(H,23,25). The van der Waals surface area contributed by atoms with E-state index in [0.717, 1.165) is 0 Å². The molecule has 2 aromatic carbocycles. The third-order valence-electron chi connectivity index (χ3n) is 3.71. The van der Waals surface area contributed by atoms with Crippen molar-refractivity contribution in [2.75, 3.05) is 18.5 Å². The van der Waals surface area contributed by atoms with E-state index in [-0.39, 0.29) is 17.3 Å². The normalized spacial score (nSPS) is 10.6. The largest absolute Gasteiger partial charge is 0.494 e. The predicted octanol–water partition coefficient (Wildman–Crippen LogP) is 4.26. The average molecular weight is 437 g/mol. The number of amides is 1. The van der Waals surface area contributed by atoms with Crippen LogP contribution in [0.3, 0.4) is 0 Å². The number of nitrogens with one attached hydrogen (secondary N) is 1. The number of carbonyl (C=O) groups is 1. The van der Waals surface area contributed by atoms with E-state index in [1.807, 2.05) is 0 Å². The van der Waals surface area contributed by atoms with Crippen LogP contribution in [0.2, 0.25) is 10.0 Å². The number of nitro benzene ring substituents is 1. The minimum atomic E-state index is -0.614. The third kappa shape index (κ3) is 4.82. The van der Waals surface area contributed by atoms with E-state index in [2.05, 4.69) is 15.3 Å². The van der Waals surface area contributed by atoms with E-state index in [0.29, 0.717) is 33.3 Å². The van der Waals surface area contributed by atoms with Crippen LogP contribution in [-0.2, 0) is 4.79 Å². The molecule has 0 bridgehead atoms. The highest BCUT2D eigenvalue weighted by atomic mass is 35.5. The monoisotopic (exact) mass is 436 g/mol. The van der Waals surface area contributed by atoms with Crippen LogP contribution in [0.15, 0.2) is 36.7 Å². The van der Waals surface area contributed by atoms with E-state index in [9.17, 15) is 14.9 Å². The number of anilines is 1. The Balaban J connectivity index is 1.76. The topological polar surface area (TPSA) is 116 Å². The molecule has 1 N–H and O–H groups in total. The number of hydrogen-bond acceptors (Lipinski definition) is 7. The number of ether oxygens (including phenoxy) is 2. The summed E-state index contributed by atoms with van der Waals surface area (Å²) in [6.07, 6.45) is 1.24. The van der Waals surface area contributed by atoms with Gasteiger partial charge in [0.2, 0.25) is 5.88 Å². The van der Waals surface area contributed by atoms with Crippen LogP contribution in [0.4, 0.5) is 11.4 Å². The Hall–Kier alpha value is -3.17. The molecule has 1 aromatic heterocycles. The number of benzene rings is 2. The van der Waals surface area contributed by atoms with Gasteiger partial charge >= 0.3 is 0 Å². The fourth-order valence-electron chi connectivity index (χ4n) is 2.53. The maximum absolute atomic E-state index is 12.3. The van der Waals surface area contributed by atoms with Crippen molar-refractivity contribution in [1.29, 1.82) is 0 Å². The maximum atomic E-state index is 12.3. The van der Waals surface area contributed by atoms with Gasteiger partial charge in [0.05, 0.1) is 33.5 Å². The van der Waals surface area contributed by atoms with Gasteiger partial charge in [-0.25, -0.2) is 9.97 Å². The molecule has 0 fully saturated rings. The van der Waals surface area contributed by atoms with Crippen LogP contribution in [0.25, 0.3) is 10.9 Å². The number of aromatic nitrogens is 2. The highest BCUT2D eigenvalue weighted by Gasteiger charge is 2.18. The van der Waals surface area contributed by atoms with Gasteiger partial charge in [0.25, 0.3) is 11.6 Å². The highest BCUT2D eigenvalue weighted by Crippen LogP contribution is 2.31. The minimum absolute atomic E-state index is 0.0192. The van der Waals surface area contributed by atoms with Crippen LogP contribution < -0.4 is 14.8 Å². The molecule has 9 nitrogen and oxygen atoms in total. The molecule has 3 rings (SSSR count). The second-order valence-corrected chi connectivity index (χ2v) is 6.51. The van der Waals surface area contributed by atoms with Crippen molar-refractivity contribution in [1.82, 2.24) is 9.97 Å². The van der Waals surface area contributed by atoms with Gasteiger partial charge in [-0.05, 0) is 31.2 Å². The van der Waals surface area contributed by atoms with Gasteiger partial charge < -0.3 is 14.8 Å². The lowest BCUT2D eigenvalue weighted by Crippen LogP contribution is -2.21. The Labute approximate surface area is 174 Å². The fourth-order valence-corrected chi connectivity index (χ4v) is 3.07. The Kier molecular flexibility index (Phi) is 6.30. The summed E-state index contributed by atoms with van der Waals surface area (Å²) in [6.45, 7) is 1.67. The summed E-state index contributed by atoms with van der Waals surface area (Å²) in [7, 11) is 0. The molecule has 11 heteroatoms. The molecule has 0 unspecified atom stereocenters. The molecule has 1 amide bonds. The summed E-state index contributed by atoms with van der Waals surface area (Å²) >= 11 is 12.1. The van der Waals surface area contributed by atoms with Gasteiger partial charge in [0.15, 0.2) is 6.61 Å². The summed E-state index contributed by atoms with van der Waals surface area (Å²) in [5.74, 6) is -0.178. The maximum Gasteiger partial charge on any atom is 0.296 e. The van der Waals surface area contributed by atoms with Gasteiger partial charge in [0, 0.05) is 5.02 Å². The molecular weight excluding hydrogens is 423 g/mol. The molecule has 1 heterocycles. The smallest absolute Gasteiger partial charge is 0.296 e. The van der Waals surface area contributed by atoms with Crippen molar-refractivity contribution in [2.24, 2.45) is 0 Å². The van der Waals surface area contributed by atoms with Crippen molar-refractivity contribution in [3.8, 4) is 11.6 Å². The number of rotatable bonds is 7. The van der Waals surface area contributed by atoms with Gasteiger partial charge in [0.1, 0.15) is 17.8 Å². The van der Waals surface area contributed by atoms with Crippen molar-refractivity contribution in [2.45, 2.75) is 6.92 Å². The molecule has 0 aliphatic heterocycles. The van der Waals surface area contributed by atoms with E-state index in [4.69, 9.17) is 32.7 Å². The zero-order chi connectivity index (χ0) is 21.0. The van der Waals surface area contributed by atoms with Crippen LogP contribution in [0, 0.1) is 10.1 Å². The average Bonchev–Trinajstić information content (AvgIpc) is 2.67. The molecule has 0 aliphatic carbocycles. The molecule has 0 aliphatic rings. The summed E-state index contributed by atoms with van der Waals surface area (Å²) in [5.41, 5.74) is 0.143. The molecule has 29 heavy (non-hydrogen) atoms. The van der Waals surface area contributed by atoms with Gasteiger partial charge in [-0.15, -0.1) is 0 Å². The Morgan fingerprint density at radius 2 is 2.00 bits per heavy atom. The number of hydrogen-bond donors (Lipinski definition) is 1. The first-order valence-corrected chi connectivity index (χ1v) is 9.08. The summed E-state index contributed by atoms with van der Waals surface area (Å²) < 4.78 is 10.7.